The van der Waals surface area contributed by atoms with Crippen molar-refractivity contribution in [2.75, 3.05) is 7.11 Å². The lowest BCUT2D eigenvalue weighted by molar-refractivity contribution is 0.413. The average Bonchev–Trinajstić information content (AvgIpc) is 2.03. The van der Waals surface area contributed by atoms with E-state index in [9.17, 15) is 0 Å². The van der Waals surface area contributed by atoms with E-state index in [1.807, 2.05) is 13.0 Å². The van der Waals surface area contributed by atoms with Crippen LogP contribution >= 0.6 is 0 Å². The number of rotatable bonds is 1. The van der Waals surface area contributed by atoms with Crippen LogP contribution in [0.25, 0.3) is 0 Å². The maximum atomic E-state index is 8.56. The first-order valence-electron chi connectivity index (χ1n) is 3.24. The Hall–Kier alpha value is -1.49. The Morgan fingerprint density at radius 2 is 2.27 bits per heavy atom. The van der Waals surface area contributed by atoms with Crippen LogP contribution in [0.5, 0.6) is 5.75 Å². The van der Waals surface area contributed by atoms with Gasteiger partial charge in [0.05, 0.1) is 18.7 Å². The maximum Gasteiger partial charge on any atom is 0.128 e. The Balaban J connectivity index is 3.15. The Morgan fingerprint density at radius 3 is 2.82 bits per heavy atom. The van der Waals surface area contributed by atoms with Crippen molar-refractivity contribution >= 4 is 0 Å². The van der Waals surface area contributed by atoms with Crippen molar-refractivity contribution < 1.29 is 4.74 Å². The predicted molar refractivity (Wildman–Crippen MR) is 41.3 cm³/mol. The first-order valence-corrected chi connectivity index (χ1v) is 3.24. The zero-order valence-corrected chi connectivity index (χ0v) is 6.51. The van der Waals surface area contributed by atoms with E-state index in [1.165, 1.54) is 0 Å². The minimum atomic E-state index is 0.609. The van der Waals surface area contributed by atoms with Crippen LogP contribution < -0.4 is 4.74 Å². The lowest BCUT2D eigenvalue weighted by Crippen LogP contribution is -1.85. The third kappa shape index (κ3) is 1.71. The third-order valence-corrected chi connectivity index (χ3v) is 1.33. The van der Waals surface area contributed by atoms with Crippen LogP contribution in [0, 0.1) is 24.3 Å². The largest absolute Gasteiger partial charge is 0.496 e. The van der Waals surface area contributed by atoms with Crippen molar-refractivity contribution in [3.63, 3.8) is 0 Å². The lowest BCUT2D eigenvalue weighted by Gasteiger charge is -1.99. The summed E-state index contributed by atoms with van der Waals surface area (Å²) in [7, 11) is 1.56. The van der Waals surface area contributed by atoms with E-state index in [2.05, 4.69) is 6.07 Å². The second-order valence-electron chi connectivity index (χ2n) is 2.23. The molecule has 0 atom stereocenters. The van der Waals surface area contributed by atoms with E-state index in [4.69, 9.17) is 10.00 Å². The number of nitrogens with zero attached hydrogens (tertiary/aromatic N) is 1. The van der Waals surface area contributed by atoms with Gasteiger partial charge in [-0.05, 0) is 24.6 Å². The molecule has 1 radical (unpaired) electrons. The third-order valence-electron chi connectivity index (χ3n) is 1.33. The second-order valence-corrected chi connectivity index (χ2v) is 2.23. The van der Waals surface area contributed by atoms with Crippen LogP contribution in [0.3, 0.4) is 0 Å². The van der Waals surface area contributed by atoms with Gasteiger partial charge in [-0.3, -0.25) is 0 Å². The van der Waals surface area contributed by atoms with Crippen molar-refractivity contribution in [1.29, 1.82) is 5.26 Å². The molecule has 0 aliphatic carbocycles. The minimum Gasteiger partial charge on any atom is -0.496 e. The predicted octanol–water partition coefficient (Wildman–Crippen LogP) is 1.68. The molecule has 0 N–H and O–H groups in total. The van der Waals surface area contributed by atoms with E-state index in [0.29, 0.717) is 11.3 Å². The van der Waals surface area contributed by atoms with E-state index in [-0.39, 0.29) is 0 Å². The highest BCUT2D eigenvalue weighted by atomic mass is 16.5. The molecule has 2 heteroatoms. The summed E-state index contributed by atoms with van der Waals surface area (Å²) in [6, 6.07) is 8.43. The summed E-state index contributed by atoms with van der Waals surface area (Å²) in [5.74, 6) is 0.613. The van der Waals surface area contributed by atoms with Crippen LogP contribution in [0.4, 0.5) is 0 Å². The van der Waals surface area contributed by atoms with E-state index >= 15 is 0 Å². The van der Waals surface area contributed by atoms with Crippen molar-refractivity contribution in [3.05, 3.63) is 29.3 Å². The van der Waals surface area contributed by atoms with Crippen molar-refractivity contribution in [3.8, 4) is 11.8 Å². The Labute approximate surface area is 66.0 Å². The summed E-state index contributed by atoms with van der Waals surface area (Å²) >= 11 is 0. The van der Waals surface area contributed by atoms with Gasteiger partial charge >= 0.3 is 0 Å². The molecule has 0 aliphatic rings. The number of aryl methyl sites for hydroxylation is 1. The molecule has 2 nitrogen and oxygen atoms in total. The molecule has 1 aromatic carbocycles. The highest BCUT2D eigenvalue weighted by molar-refractivity contribution is 5.39. The molecule has 1 aromatic rings. The number of methoxy groups -OCH3 is 1. The molecule has 55 valence electrons. The number of hydrogen-bond donors (Lipinski definition) is 0. The van der Waals surface area contributed by atoms with Gasteiger partial charge in [0.1, 0.15) is 5.75 Å². The number of ether oxygens (including phenoxy) is 1. The number of nitriles is 1. The molecule has 0 amide bonds. The van der Waals surface area contributed by atoms with Crippen molar-refractivity contribution in [1.82, 2.24) is 0 Å². The van der Waals surface area contributed by atoms with Crippen LogP contribution in [0.15, 0.2) is 12.1 Å². The van der Waals surface area contributed by atoms with Gasteiger partial charge < -0.3 is 4.74 Å². The summed E-state index contributed by atoms with van der Waals surface area (Å²) in [4.78, 5) is 0. The van der Waals surface area contributed by atoms with E-state index in [1.54, 1.807) is 19.2 Å². The summed E-state index contributed by atoms with van der Waals surface area (Å²) < 4.78 is 4.93. The molecular weight excluding hydrogens is 138 g/mol. The standard InChI is InChI=1S/C9H8NO/c1-7-3-8(6-10)5-9(4-7)11-2/h3,5H,1-2H3. The molecule has 1 rings (SSSR count). The summed E-state index contributed by atoms with van der Waals surface area (Å²) in [6.45, 7) is 1.88. The molecule has 0 saturated heterocycles. The van der Waals surface area contributed by atoms with Crippen LogP contribution in [-0.2, 0) is 0 Å². The molecule has 0 unspecified atom stereocenters. The van der Waals surface area contributed by atoms with Gasteiger partial charge in [-0.25, -0.2) is 0 Å². The highest BCUT2D eigenvalue weighted by Crippen LogP contribution is 2.14. The van der Waals surface area contributed by atoms with Gasteiger partial charge in [0.25, 0.3) is 0 Å². The average molecular weight is 146 g/mol. The van der Waals surface area contributed by atoms with Crippen molar-refractivity contribution in [2.45, 2.75) is 6.92 Å². The number of hydrogen-bond acceptors (Lipinski definition) is 2. The molecule has 0 aromatic heterocycles. The SMILES string of the molecule is COc1[c]c(C)cc(C#N)c1. The monoisotopic (exact) mass is 146 g/mol. The molecule has 0 spiro atoms. The zero-order valence-electron chi connectivity index (χ0n) is 6.51. The topological polar surface area (TPSA) is 33.0 Å². The van der Waals surface area contributed by atoms with Gasteiger partial charge in [-0.1, -0.05) is 0 Å². The Kier molecular flexibility index (Phi) is 2.12. The second kappa shape index (κ2) is 3.07. The fourth-order valence-corrected chi connectivity index (χ4v) is 0.857. The van der Waals surface area contributed by atoms with Gasteiger partial charge in [0.15, 0.2) is 0 Å². The highest BCUT2D eigenvalue weighted by Gasteiger charge is 1.96. The minimum absolute atomic E-state index is 0.609. The molecule has 0 bridgehead atoms. The molecule has 0 fully saturated rings. The molecule has 0 aliphatic heterocycles. The van der Waals surface area contributed by atoms with Gasteiger partial charge in [0, 0.05) is 6.07 Å². The number of benzene rings is 1. The van der Waals surface area contributed by atoms with Gasteiger partial charge in [-0.15, -0.1) is 0 Å². The molecule has 11 heavy (non-hydrogen) atoms. The quantitative estimate of drug-likeness (QED) is 0.603. The molecule has 0 saturated carbocycles. The van der Waals surface area contributed by atoms with Gasteiger partial charge in [0.2, 0.25) is 0 Å². The zero-order chi connectivity index (χ0) is 8.27. The Morgan fingerprint density at radius 1 is 1.55 bits per heavy atom. The van der Waals surface area contributed by atoms with Crippen LogP contribution in [0.2, 0.25) is 0 Å². The molecule has 0 heterocycles. The lowest BCUT2D eigenvalue weighted by atomic mass is 10.1. The first kappa shape index (κ1) is 7.62. The smallest absolute Gasteiger partial charge is 0.128 e. The normalized spacial score (nSPS) is 8.82. The fourth-order valence-electron chi connectivity index (χ4n) is 0.857. The van der Waals surface area contributed by atoms with Gasteiger partial charge in [-0.2, -0.15) is 5.26 Å². The van der Waals surface area contributed by atoms with Crippen LogP contribution in [0.1, 0.15) is 11.1 Å². The summed E-state index contributed by atoms with van der Waals surface area (Å²) in [6.07, 6.45) is 0. The van der Waals surface area contributed by atoms with E-state index in [0.717, 1.165) is 5.56 Å². The molecular formula is C9H8NO. The maximum absolute atomic E-state index is 8.56. The van der Waals surface area contributed by atoms with E-state index < -0.39 is 0 Å². The summed E-state index contributed by atoms with van der Waals surface area (Å²) in [5, 5.41) is 8.56. The summed E-state index contributed by atoms with van der Waals surface area (Å²) in [5.41, 5.74) is 1.53. The van der Waals surface area contributed by atoms with Crippen molar-refractivity contribution in [2.24, 2.45) is 0 Å². The van der Waals surface area contributed by atoms with Crippen LogP contribution in [-0.4, -0.2) is 7.11 Å². The first-order chi connectivity index (χ1) is 5.26. The Bertz CT molecular complexity index is 299. The fraction of sp³-hybridized carbons (Fsp3) is 0.222.